The molecule has 2 rings (SSSR count). The fourth-order valence-corrected chi connectivity index (χ4v) is 4.48. The molecule has 0 radical (unpaired) electrons. The standard InChI is InChI=1S/C27H32N2O7S/c1-4-21(28-25(32)13-20-12-19(17(2)30)10-11-24(20)36-3)27(35)29-22(14-26(33)34)23(31)16-37-15-18-8-6-5-7-9-18/h5-12,21-22H,4,13-16H2,1-3H3,(H,28,32)(H,29,35)(H,33,34)/t21?,22-/m0/s1. The molecule has 0 aromatic heterocycles. The molecule has 2 atom stereocenters. The second-order valence-corrected chi connectivity index (χ2v) is 9.38. The van der Waals surface area contributed by atoms with Crippen LogP contribution in [0.15, 0.2) is 48.5 Å². The highest BCUT2D eigenvalue weighted by molar-refractivity contribution is 7.99. The number of amides is 2. The van der Waals surface area contributed by atoms with Crippen LogP contribution < -0.4 is 15.4 Å². The fourth-order valence-electron chi connectivity index (χ4n) is 3.54. The summed E-state index contributed by atoms with van der Waals surface area (Å²) in [6, 6.07) is 12.1. The van der Waals surface area contributed by atoms with Gasteiger partial charge in [-0.25, -0.2) is 0 Å². The van der Waals surface area contributed by atoms with Gasteiger partial charge in [-0.3, -0.25) is 24.0 Å². The second-order valence-electron chi connectivity index (χ2n) is 8.39. The van der Waals surface area contributed by atoms with Crippen LogP contribution in [0.4, 0.5) is 0 Å². The normalized spacial score (nSPS) is 12.2. The maximum absolute atomic E-state index is 12.9. The van der Waals surface area contributed by atoms with Crippen molar-refractivity contribution in [3.05, 3.63) is 65.2 Å². The number of Topliss-reactive ketones (excluding diaryl/α,β-unsaturated/α-hetero) is 2. The molecule has 2 aromatic carbocycles. The van der Waals surface area contributed by atoms with E-state index >= 15 is 0 Å². The molecule has 0 aliphatic rings. The lowest BCUT2D eigenvalue weighted by atomic mass is 10.0. The number of thioether (sulfide) groups is 1. The Bertz CT molecular complexity index is 1120. The first kappa shape index (κ1) is 29.6. The highest BCUT2D eigenvalue weighted by atomic mass is 32.2. The molecule has 0 saturated carbocycles. The average molecular weight is 529 g/mol. The first-order chi connectivity index (χ1) is 17.6. The second kappa shape index (κ2) is 14.8. The molecule has 198 valence electrons. The molecule has 0 aliphatic heterocycles. The summed E-state index contributed by atoms with van der Waals surface area (Å²) >= 11 is 1.33. The number of ether oxygens (including phenoxy) is 1. The van der Waals surface area contributed by atoms with E-state index in [1.54, 1.807) is 25.1 Å². The highest BCUT2D eigenvalue weighted by Gasteiger charge is 2.27. The summed E-state index contributed by atoms with van der Waals surface area (Å²) in [4.78, 5) is 61.3. The van der Waals surface area contributed by atoms with Crippen molar-refractivity contribution in [2.75, 3.05) is 12.9 Å². The molecule has 0 fully saturated rings. The van der Waals surface area contributed by atoms with Crippen molar-refractivity contribution < 1.29 is 33.8 Å². The lowest BCUT2D eigenvalue weighted by molar-refractivity contribution is -0.140. The number of ketones is 2. The Morgan fingerprint density at radius 3 is 2.30 bits per heavy atom. The fraction of sp³-hybridized carbons (Fsp3) is 0.370. The van der Waals surface area contributed by atoms with Gasteiger partial charge in [0.1, 0.15) is 11.8 Å². The maximum atomic E-state index is 12.9. The SMILES string of the molecule is CCC(NC(=O)Cc1cc(C(C)=O)ccc1OC)C(=O)N[C@@H](CC(=O)O)C(=O)CSCc1ccccc1. The zero-order chi connectivity index (χ0) is 27.4. The predicted molar refractivity (Wildman–Crippen MR) is 141 cm³/mol. The van der Waals surface area contributed by atoms with Gasteiger partial charge in [-0.15, -0.1) is 11.8 Å². The highest BCUT2D eigenvalue weighted by Crippen LogP contribution is 2.21. The summed E-state index contributed by atoms with van der Waals surface area (Å²) in [5.74, 6) is -1.90. The summed E-state index contributed by atoms with van der Waals surface area (Å²) < 4.78 is 5.27. The van der Waals surface area contributed by atoms with Crippen molar-refractivity contribution in [3.63, 3.8) is 0 Å². The smallest absolute Gasteiger partial charge is 0.305 e. The molecule has 0 saturated heterocycles. The van der Waals surface area contributed by atoms with Crippen molar-refractivity contribution in [2.24, 2.45) is 0 Å². The largest absolute Gasteiger partial charge is 0.496 e. The van der Waals surface area contributed by atoms with Crippen LogP contribution in [0, 0.1) is 0 Å². The first-order valence-electron chi connectivity index (χ1n) is 11.8. The molecule has 0 bridgehead atoms. The molecule has 3 N–H and O–H groups in total. The van der Waals surface area contributed by atoms with Crippen LogP contribution in [-0.4, -0.2) is 59.4 Å². The monoisotopic (exact) mass is 528 g/mol. The molecule has 2 amide bonds. The average Bonchev–Trinajstić information content (AvgIpc) is 2.86. The molecular weight excluding hydrogens is 496 g/mol. The topological polar surface area (TPSA) is 139 Å². The van der Waals surface area contributed by atoms with Gasteiger partial charge >= 0.3 is 5.97 Å². The van der Waals surface area contributed by atoms with Crippen molar-refractivity contribution in [2.45, 2.75) is 50.9 Å². The number of carbonyl (C=O) groups excluding carboxylic acids is 4. The van der Waals surface area contributed by atoms with Gasteiger partial charge in [0.2, 0.25) is 11.8 Å². The molecule has 1 unspecified atom stereocenters. The summed E-state index contributed by atoms with van der Waals surface area (Å²) in [6.07, 6.45) is -0.476. The molecule has 2 aromatic rings. The predicted octanol–water partition coefficient (Wildman–Crippen LogP) is 2.80. The van der Waals surface area contributed by atoms with Gasteiger partial charge in [-0.05, 0) is 37.1 Å². The molecule has 0 spiro atoms. The van der Waals surface area contributed by atoms with Crippen LogP contribution in [0.1, 0.15) is 48.2 Å². The van der Waals surface area contributed by atoms with Gasteiger partial charge in [0, 0.05) is 16.9 Å². The maximum Gasteiger partial charge on any atom is 0.305 e. The molecule has 10 heteroatoms. The Morgan fingerprint density at radius 2 is 1.70 bits per heavy atom. The zero-order valence-corrected chi connectivity index (χ0v) is 21.9. The van der Waals surface area contributed by atoms with E-state index in [0.29, 0.717) is 22.6 Å². The van der Waals surface area contributed by atoms with Crippen molar-refractivity contribution in [3.8, 4) is 5.75 Å². The summed E-state index contributed by atoms with van der Waals surface area (Å²) in [5, 5.41) is 14.4. The van der Waals surface area contributed by atoms with E-state index in [0.717, 1.165) is 5.56 Å². The van der Waals surface area contributed by atoms with E-state index in [-0.39, 0.29) is 24.4 Å². The minimum Gasteiger partial charge on any atom is -0.496 e. The number of aliphatic carboxylic acids is 1. The summed E-state index contributed by atoms with van der Waals surface area (Å²) in [5.41, 5.74) is 1.93. The van der Waals surface area contributed by atoms with Crippen molar-refractivity contribution in [1.29, 1.82) is 0 Å². The Morgan fingerprint density at radius 1 is 1.00 bits per heavy atom. The van der Waals surface area contributed by atoms with E-state index < -0.39 is 42.1 Å². The first-order valence-corrected chi connectivity index (χ1v) is 12.9. The van der Waals surface area contributed by atoms with Gasteiger partial charge < -0.3 is 20.5 Å². The van der Waals surface area contributed by atoms with Gasteiger partial charge in [-0.1, -0.05) is 37.3 Å². The molecule has 0 aliphatic carbocycles. The number of nitrogens with one attached hydrogen (secondary N) is 2. The third-order valence-corrected chi connectivity index (χ3v) is 6.56. The Kier molecular flexibility index (Phi) is 11.8. The minimum atomic E-state index is -1.22. The van der Waals surface area contributed by atoms with Gasteiger partial charge in [0.15, 0.2) is 11.6 Å². The van der Waals surface area contributed by atoms with E-state index in [9.17, 15) is 29.1 Å². The van der Waals surface area contributed by atoms with Gasteiger partial charge in [-0.2, -0.15) is 0 Å². The molecule has 9 nitrogen and oxygen atoms in total. The van der Waals surface area contributed by atoms with Crippen molar-refractivity contribution >= 4 is 41.1 Å². The van der Waals surface area contributed by atoms with Crippen LogP contribution in [0.3, 0.4) is 0 Å². The van der Waals surface area contributed by atoms with Crippen LogP contribution in [0.5, 0.6) is 5.75 Å². The number of hydrogen-bond donors (Lipinski definition) is 3. The number of benzene rings is 2. The summed E-state index contributed by atoms with van der Waals surface area (Å²) in [6.45, 7) is 3.10. The van der Waals surface area contributed by atoms with Crippen LogP contribution in [0.2, 0.25) is 0 Å². The third-order valence-electron chi connectivity index (χ3n) is 5.54. The number of carboxylic acids is 1. The lowest BCUT2D eigenvalue weighted by Gasteiger charge is -2.21. The Hall–Kier alpha value is -3.66. The van der Waals surface area contributed by atoms with Crippen LogP contribution in [-0.2, 0) is 31.4 Å². The molecular formula is C27H32N2O7S. The number of methoxy groups -OCH3 is 1. The number of rotatable bonds is 15. The number of carbonyl (C=O) groups is 5. The van der Waals surface area contributed by atoms with Crippen LogP contribution in [0.25, 0.3) is 0 Å². The van der Waals surface area contributed by atoms with E-state index in [2.05, 4.69) is 10.6 Å². The van der Waals surface area contributed by atoms with E-state index in [1.807, 2.05) is 30.3 Å². The molecule has 0 heterocycles. The van der Waals surface area contributed by atoms with E-state index in [4.69, 9.17) is 4.74 Å². The number of hydrogen-bond acceptors (Lipinski definition) is 7. The van der Waals surface area contributed by atoms with Crippen LogP contribution >= 0.6 is 11.8 Å². The molecule has 37 heavy (non-hydrogen) atoms. The van der Waals surface area contributed by atoms with Gasteiger partial charge in [0.25, 0.3) is 0 Å². The Balaban J connectivity index is 2.01. The lowest BCUT2D eigenvalue weighted by Crippen LogP contribution is -2.52. The minimum absolute atomic E-state index is 0.0303. The Labute approximate surface area is 220 Å². The summed E-state index contributed by atoms with van der Waals surface area (Å²) in [7, 11) is 1.45. The quantitative estimate of drug-likeness (QED) is 0.300. The zero-order valence-electron chi connectivity index (χ0n) is 21.1. The van der Waals surface area contributed by atoms with Crippen molar-refractivity contribution in [1.82, 2.24) is 10.6 Å². The van der Waals surface area contributed by atoms with Gasteiger partial charge in [0.05, 0.1) is 31.7 Å². The third kappa shape index (κ3) is 9.72. The van der Waals surface area contributed by atoms with E-state index in [1.165, 1.54) is 25.8 Å². The number of carboxylic acid groups (broad SMARTS) is 1.